The zero-order chi connectivity index (χ0) is 12.7. The standard InChI is InChI=1S/C13H13BrO3/c1-17-12-6-5-10(9-13(15)16)8-11(12)4-2-3-7-14/h5-6,8H,3,7,9H2,1H3,(H,15,16). The molecular formula is C13H13BrO3. The highest BCUT2D eigenvalue weighted by atomic mass is 79.9. The molecule has 90 valence electrons. The predicted molar refractivity (Wildman–Crippen MR) is 69.6 cm³/mol. The van der Waals surface area contributed by atoms with Gasteiger partial charge in [0.05, 0.1) is 19.1 Å². The lowest BCUT2D eigenvalue weighted by Crippen LogP contribution is -2.00. The van der Waals surface area contributed by atoms with Gasteiger partial charge in [0.25, 0.3) is 0 Å². The summed E-state index contributed by atoms with van der Waals surface area (Å²) in [6, 6.07) is 5.24. The van der Waals surface area contributed by atoms with Crippen LogP contribution in [-0.2, 0) is 11.2 Å². The van der Waals surface area contributed by atoms with Gasteiger partial charge >= 0.3 is 5.97 Å². The molecule has 0 amide bonds. The van der Waals surface area contributed by atoms with Gasteiger partial charge in [-0.3, -0.25) is 4.79 Å². The Morgan fingerprint density at radius 1 is 1.53 bits per heavy atom. The van der Waals surface area contributed by atoms with E-state index in [-0.39, 0.29) is 6.42 Å². The Morgan fingerprint density at radius 2 is 2.29 bits per heavy atom. The number of ether oxygens (including phenoxy) is 1. The van der Waals surface area contributed by atoms with Crippen molar-refractivity contribution in [3.05, 3.63) is 29.3 Å². The maximum absolute atomic E-state index is 10.6. The first kappa shape index (κ1) is 13.6. The number of carboxylic acid groups (broad SMARTS) is 1. The summed E-state index contributed by atoms with van der Waals surface area (Å²) in [7, 11) is 1.57. The topological polar surface area (TPSA) is 46.5 Å². The molecule has 0 spiro atoms. The Balaban J connectivity index is 2.99. The van der Waals surface area contributed by atoms with E-state index in [4.69, 9.17) is 9.84 Å². The van der Waals surface area contributed by atoms with Gasteiger partial charge in [0.1, 0.15) is 5.75 Å². The van der Waals surface area contributed by atoms with Crippen molar-refractivity contribution >= 4 is 21.9 Å². The maximum Gasteiger partial charge on any atom is 0.307 e. The number of carboxylic acids is 1. The molecule has 0 fully saturated rings. The molecular weight excluding hydrogens is 284 g/mol. The Kier molecular flexibility index (Phi) is 5.58. The number of alkyl halides is 1. The fourth-order valence-electron chi connectivity index (χ4n) is 1.34. The number of hydrogen-bond acceptors (Lipinski definition) is 2. The maximum atomic E-state index is 10.6. The summed E-state index contributed by atoms with van der Waals surface area (Å²) in [6.07, 6.45) is 0.740. The zero-order valence-corrected chi connectivity index (χ0v) is 11.1. The van der Waals surface area contributed by atoms with Gasteiger partial charge in [-0.25, -0.2) is 0 Å². The molecule has 3 nitrogen and oxygen atoms in total. The second kappa shape index (κ2) is 6.97. The Bertz CT molecular complexity index is 457. The molecule has 0 aliphatic heterocycles. The molecule has 0 radical (unpaired) electrons. The summed E-state index contributed by atoms with van der Waals surface area (Å²) in [5.74, 6) is 5.78. The summed E-state index contributed by atoms with van der Waals surface area (Å²) >= 11 is 3.29. The van der Waals surface area contributed by atoms with Crippen molar-refractivity contribution in [1.29, 1.82) is 0 Å². The second-order valence-corrected chi connectivity index (χ2v) is 4.14. The van der Waals surface area contributed by atoms with Crippen molar-refractivity contribution in [3.8, 4) is 17.6 Å². The lowest BCUT2D eigenvalue weighted by Gasteiger charge is -2.05. The van der Waals surface area contributed by atoms with Crippen LogP contribution in [0.1, 0.15) is 17.5 Å². The molecule has 1 rings (SSSR count). The summed E-state index contributed by atoms with van der Waals surface area (Å²) in [6.45, 7) is 0. The highest BCUT2D eigenvalue weighted by Crippen LogP contribution is 2.19. The number of halogens is 1. The Labute approximate surface area is 109 Å². The number of hydrogen-bond donors (Lipinski definition) is 1. The molecule has 1 aromatic rings. The first-order chi connectivity index (χ1) is 8.17. The van der Waals surface area contributed by atoms with Crippen LogP contribution in [-0.4, -0.2) is 23.5 Å². The largest absolute Gasteiger partial charge is 0.495 e. The van der Waals surface area contributed by atoms with Crippen molar-refractivity contribution < 1.29 is 14.6 Å². The van der Waals surface area contributed by atoms with Gasteiger partial charge in [0.15, 0.2) is 0 Å². The average molecular weight is 297 g/mol. The van der Waals surface area contributed by atoms with Gasteiger partial charge < -0.3 is 9.84 Å². The lowest BCUT2D eigenvalue weighted by molar-refractivity contribution is -0.136. The smallest absolute Gasteiger partial charge is 0.307 e. The van der Waals surface area contributed by atoms with Crippen molar-refractivity contribution in [2.24, 2.45) is 0 Å². The van der Waals surface area contributed by atoms with Gasteiger partial charge in [0, 0.05) is 11.8 Å². The molecule has 1 aromatic carbocycles. The minimum atomic E-state index is -0.852. The zero-order valence-electron chi connectivity index (χ0n) is 9.50. The molecule has 0 aliphatic rings. The van der Waals surface area contributed by atoms with E-state index in [1.807, 2.05) is 0 Å². The minimum Gasteiger partial charge on any atom is -0.495 e. The number of aliphatic carboxylic acids is 1. The molecule has 0 saturated heterocycles. The SMILES string of the molecule is COc1ccc(CC(=O)O)cc1C#CCCBr. The minimum absolute atomic E-state index is 0.00286. The van der Waals surface area contributed by atoms with Gasteiger partial charge in [-0.2, -0.15) is 0 Å². The molecule has 0 aliphatic carbocycles. The van der Waals surface area contributed by atoms with E-state index >= 15 is 0 Å². The summed E-state index contributed by atoms with van der Waals surface area (Å²) < 4.78 is 5.17. The highest BCUT2D eigenvalue weighted by Gasteiger charge is 2.05. The molecule has 1 N–H and O–H groups in total. The molecule has 0 bridgehead atoms. The number of carbonyl (C=O) groups is 1. The Morgan fingerprint density at radius 3 is 2.88 bits per heavy atom. The quantitative estimate of drug-likeness (QED) is 0.686. The van der Waals surface area contributed by atoms with E-state index in [9.17, 15) is 4.79 Å². The van der Waals surface area contributed by atoms with Gasteiger partial charge in [0.2, 0.25) is 0 Å². The van der Waals surface area contributed by atoms with Crippen LogP contribution in [0, 0.1) is 11.8 Å². The molecule has 0 atom stereocenters. The molecule has 0 aromatic heterocycles. The average Bonchev–Trinajstić information content (AvgIpc) is 2.29. The van der Waals surface area contributed by atoms with Crippen LogP contribution >= 0.6 is 15.9 Å². The van der Waals surface area contributed by atoms with Crippen LogP contribution in [0.3, 0.4) is 0 Å². The fourth-order valence-corrected chi connectivity index (χ4v) is 1.54. The monoisotopic (exact) mass is 296 g/mol. The molecule has 0 saturated carbocycles. The number of benzene rings is 1. The first-order valence-corrected chi connectivity index (χ1v) is 6.23. The fraction of sp³-hybridized carbons (Fsp3) is 0.308. The molecule has 0 unspecified atom stereocenters. The van der Waals surface area contributed by atoms with E-state index in [0.717, 1.165) is 22.9 Å². The van der Waals surface area contributed by atoms with Crippen LogP contribution in [0.15, 0.2) is 18.2 Å². The van der Waals surface area contributed by atoms with E-state index in [0.29, 0.717) is 5.75 Å². The summed E-state index contributed by atoms with van der Waals surface area (Å²) in [5, 5.41) is 9.54. The van der Waals surface area contributed by atoms with Crippen molar-refractivity contribution in [2.75, 3.05) is 12.4 Å². The second-order valence-electron chi connectivity index (χ2n) is 3.35. The number of methoxy groups -OCH3 is 1. The van der Waals surface area contributed by atoms with Crippen LogP contribution in [0.5, 0.6) is 5.75 Å². The van der Waals surface area contributed by atoms with Crippen LogP contribution in [0.2, 0.25) is 0 Å². The summed E-state index contributed by atoms with van der Waals surface area (Å²) in [4.78, 5) is 10.6. The van der Waals surface area contributed by atoms with E-state index in [2.05, 4.69) is 27.8 Å². The lowest BCUT2D eigenvalue weighted by atomic mass is 10.1. The van der Waals surface area contributed by atoms with E-state index < -0.39 is 5.97 Å². The third kappa shape index (κ3) is 4.49. The molecule has 17 heavy (non-hydrogen) atoms. The van der Waals surface area contributed by atoms with Gasteiger partial charge in [-0.15, -0.1) is 0 Å². The van der Waals surface area contributed by atoms with E-state index in [1.54, 1.807) is 25.3 Å². The first-order valence-electron chi connectivity index (χ1n) is 5.11. The third-order valence-corrected chi connectivity index (χ3v) is 2.46. The van der Waals surface area contributed by atoms with Crippen LogP contribution in [0.4, 0.5) is 0 Å². The number of rotatable bonds is 4. The Hall–Kier alpha value is -1.47. The highest BCUT2D eigenvalue weighted by molar-refractivity contribution is 9.09. The predicted octanol–water partition coefficient (Wildman–Crippen LogP) is 2.46. The van der Waals surface area contributed by atoms with Crippen molar-refractivity contribution in [3.63, 3.8) is 0 Å². The third-order valence-electron chi connectivity index (χ3n) is 2.06. The van der Waals surface area contributed by atoms with Crippen molar-refractivity contribution in [1.82, 2.24) is 0 Å². The molecule has 0 heterocycles. The van der Waals surface area contributed by atoms with Gasteiger partial charge in [-0.05, 0) is 17.7 Å². The molecule has 4 heteroatoms. The van der Waals surface area contributed by atoms with E-state index in [1.165, 1.54) is 0 Å². The van der Waals surface area contributed by atoms with Gasteiger partial charge in [-0.1, -0.05) is 33.8 Å². The van der Waals surface area contributed by atoms with Crippen molar-refractivity contribution in [2.45, 2.75) is 12.8 Å². The summed E-state index contributed by atoms with van der Waals surface area (Å²) in [5.41, 5.74) is 1.45. The van der Waals surface area contributed by atoms with Crippen LogP contribution < -0.4 is 4.74 Å². The van der Waals surface area contributed by atoms with Crippen LogP contribution in [0.25, 0.3) is 0 Å². The normalized spacial score (nSPS) is 9.29.